The fourth-order valence-corrected chi connectivity index (χ4v) is 3.72. The van der Waals surface area contributed by atoms with Crippen molar-refractivity contribution in [2.75, 3.05) is 4.72 Å². The quantitative estimate of drug-likeness (QED) is 0.542. The maximum atomic E-state index is 12.6. The predicted octanol–water partition coefficient (Wildman–Crippen LogP) is 2.59. The molecule has 1 aromatic carbocycles. The van der Waals surface area contributed by atoms with Gasteiger partial charge in [0.1, 0.15) is 11.6 Å². The van der Waals surface area contributed by atoms with Gasteiger partial charge in [-0.15, -0.1) is 0 Å². The van der Waals surface area contributed by atoms with E-state index in [1.54, 1.807) is 36.0 Å². The molecule has 0 saturated heterocycles. The normalized spacial score (nSPS) is 11.3. The van der Waals surface area contributed by atoms with Crippen LogP contribution in [0.1, 0.15) is 11.4 Å². The number of nitro groups is 1. The standard InChI is InChI=1S/C16H15N5O4S/c1-11-3-5-14(21(22)23)9-15(11)26(24,25)19-13-4-6-16(18-10-13)20-8-7-17-12(20)2/h3-10,19H,1-2H3. The number of imidazole rings is 1. The molecule has 0 amide bonds. The zero-order valence-electron chi connectivity index (χ0n) is 13.9. The molecule has 1 N–H and O–H groups in total. The second-order valence-electron chi connectivity index (χ2n) is 5.56. The molecule has 2 aromatic heterocycles. The number of nitro benzene ring substituents is 1. The molecule has 0 unspecified atom stereocenters. The van der Waals surface area contributed by atoms with Crippen molar-refractivity contribution in [1.29, 1.82) is 0 Å². The summed E-state index contributed by atoms with van der Waals surface area (Å²) in [6.45, 7) is 3.39. The molecule has 26 heavy (non-hydrogen) atoms. The summed E-state index contributed by atoms with van der Waals surface area (Å²) in [5.74, 6) is 1.34. The number of aryl methyl sites for hydroxylation is 2. The molecule has 3 aromatic rings. The molecule has 0 aliphatic carbocycles. The molecule has 2 heterocycles. The van der Waals surface area contributed by atoms with Crippen LogP contribution in [0.3, 0.4) is 0 Å². The first-order valence-electron chi connectivity index (χ1n) is 7.52. The fourth-order valence-electron chi connectivity index (χ4n) is 2.41. The van der Waals surface area contributed by atoms with E-state index in [2.05, 4.69) is 14.7 Å². The van der Waals surface area contributed by atoms with Gasteiger partial charge in [0.05, 0.1) is 21.7 Å². The predicted molar refractivity (Wildman–Crippen MR) is 94.7 cm³/mol. The van der Waals surface area contributed by atoms with E-state index in [0.717, 1.165) is 11.9 Å². The van der Waals surface area contributed by atoms with Crippen LogP contribution < -0.4 is 4.72 Å². The smallest absolute Gasteiger partial charge is 0.270 e. The lowest BCUT2D eigenvalue weighted by molar-refractivity contribution is -0.385. The largest absolute Gasteiger partial charge is 0.288 e. The number of pyridine rings is 1. The summed E-state index contributed by atoms with van der Waals surface area (Å²) in [5, 5.41) is 10.9. The van der Waals surface area contributed by atoms with Crippen molar-refractivity contribution in [3.63, 3.8) is 0 Å². The highest BCUT2D eigenvalue weighted by Gasteiger charge is 2.21. The highest BCUT2D eigenvalue weighted by atomic mass is 32.2. The van der Waals surface area contributed by atoms with E-state index in [-0.39, 0.29) is 16.3 Å². The Labute approximate surface area is 149 Å². The molecule has 0 aliphatic heterocycles. The number of hydrogen-bond acceptors (Lipinski definition) is 6. The molecule has 0 aliphatic rings. The number of nitrogens with one attached hydrogen (secondary N) is 1. The summed E-state index contributed by atoms with van der Waals surface area (Å²) in [5.41, 5.74) is 0.360. The van der Waals surface area contributed by atoms with Crippen LogP contribution in [-0.2, 0) is 10.0 Å². The number of benzene rings is 1. The Balaban J connectivity index is 1.90. The summed E-state index contributed by atoms with van der Waals surface area (Å²) in [4.78, 5) is 18.4. The van der Waals surface area contributed by atoms with Crippen LogP contribution >= 0.6 is 0 Å². The van der Waals surface area contributed by atoms with Crippen molar-refractivity contribution < 1.29 is 13.3 Å². The van der Waals surface area contributed by atoms with Gasteiger partial charge in [-0.2, -0.15) is 0 Å². The van der Waals surface area contributed by atoms with Gasteiger partial charge in [-0.05, 0) is 31.5 Å². The molecule has 10 heteroatoms. The number of nitrogens with zero attached hydrogens (tertiary/aromatic N) is 4. The van der Waals surface area contributed by atoms with Crippen molar-refractivity contribution in [2.45, 2.75) is 18.7 Å². The third-order valence-corrected chi connectivity index (χ3v) is 5.27. The molecular weight excluding hydrogens is 358 g/mol. The van der Waals surface area contributed by atoms with Crippen molar-refractivity contribution in [3.8, 4) is 5.82 Å². The molecule has 0 fully saturated rings. The molecule has 0 spiro atoms. The van der Waals surface area contributed by atoms with Crippen LogP contribution in [0.4, 0.5) is 11.4 Å². The molecule has 0 atom stereocenters. The third kappa shape index (κ3) is 3.40. The van der Waals surface area contributed by atoms with E-state index < -0.39 is 14.9 Å². The molecule has 3 rings (SSSR count). The van der Waals surface area contributed by atoms with Gasteiger partial charge >= 0.3 is 0 Å². The molecular formula is C16H15N5O4S. The van der Waals surface area contributed by atoms with E-state index >= 15 is 0 Å². The van der Waals surface area contributed by atoms with E-state index in [1.165, 1.54) is 18.3 Å². The molecule has 9 nitrogen and oxygen atoms in total. The second kappa shape index (κ2) is 6.56. The summed E-state index contributed by atoms with van der Waals surface area (Å²) in [6, 6.07) is 6.90. The van der Waals surface area contributed by atoms with Gasteiger partial charge in [0.2, 0.25) is 0 Å². The SMILES string of the molecule is Cc1ccc([N+](=O)[O-])cc1S(=O)(=O)Nc1ccc(-n2ccnc2C)nc1. The maximum absolute atomic E-state index is 12.6. The summed E-state index contributed by atoms with van der Waals surface area (Å²) in [7, 11) is -3.99. The molecule has 134 valence electrons. The van der Waals surface area contributed by atoms with Crippen LogP contribution in [0, 0.1) is 24.0 Å². The van der Waals surface area contributed by atoms with E-state index in [0.29, 0.717) is 11.4 Å². The number of aromatic nitrogens is 3. The Morgan fingerprint density at radius 1 is 1.15 bits per heavy atom. The van der Waals surface area contributed by atoms with E-state index in [9.17, 15) is 18.5 Å². The Morgan fingerprint density at radius 2 is 1.92 bits per heavy atom. The van der Waals surface area contributed by atoms with Gasteiger partial charge in [-0.25, -0.2) is 18.4 Å². The van der Waals surface area contributed by atoms with Crippen molar-refractivity contribution >= 4 is 21.4 Å². The van der Waals surface area contributed by atoms with Crippen LogP contribution in [-0.4, -0.2) is 27.9 Å². The molecule has 0 radical (unpaired) electrons. The van der Waals surface area contributed by atoms with Gasteiger partial charge in [-0.1, -0.05) is 6.07 Å². The van der Waals surface area contributed by atoms with Gasteiger partial charge in [0, 0.05) is 24.5 Å². The second-order valence-corrected chi connectivity index (χ2v) is 7.21. The zero-order valence-corrected chi connectivity index (χ0v) is 14.8. The average molecular weight is 373 g/mol. The first-order valence-corrected chi connectivity index (χ1v) is 9.00. The molecule has 0 saturated carbocycles. The van der Waals surface area contributed by atoms with Crippen LogP contribution in [0.25, 0.3) is 5.82 Å². The summed E-state index contributed by atoms with van der Waals surface area (Å²) < 4.78 is 29.3. The van der Waals surface area contributed by atoms with Gasteiger partial charge < -0.3 is 0 Å². The number of anilines is 1. The highest BCUT2D eigenvalue weighted by Crippen LogP contribution is 2.24. The Morgan fingerprint density at radius 3 is 2.50 bits per heavy atom. The number of non-ortho nitro benzene ring substituents is 1. The van der Waals surface area contributed by atoms with E-state index in [1.807, 2.05) is 6.92 Å². The van der Waals surface area contributed by atoms with E-state index in [4.69, 9.17) is 0 Å². The van der Waals surface area contributed by atoms with Gasteiger partial charge in [0.25, 0.3) is 15.7 Å². The van der Waals surface area contributed by atoms with Crippen LogP contribution in [0.5, 0.6) is 0 Å². The first-order chi connectivity index (χ1) is 12.3. The Kier molecular flexibility index (Phi) is 4.43. The fraction of sp³-hybridized carbons (Fsp3) is 0.125. The lowest BCUT2D eigenvalue weighted by atomic mass is 10.2. The molecule has 0 bridgehead atoms. The minimum absolute atomic E-state index is 0.152. The maximum Gasteiger partial charge on any atom is 0.270 e. The lowest BCUT2D eigenvalue weighted by Gasteiger charge is -2.11. The van der Waals surface area contributed by atoms with Gasteiger partial charge in [-0.3, -0.25) is 19.4 Å². The Hall–Kier alpha value is -3.27. The third-order valence-electron chi connectivity index (χ3n) is 3.74. The Bertz CT molecular complexity index is 1070. The topological polar surface area (TPSA) is 120 Å². The summed E-state index contributed by atoms with van der Waals surface area (Å²) >= 11 is 0. The minimum atomic E-state index is -3.99. The summed E-state index contributed by atoms with van der Waals surface area (Å²) in [6.07, 6.45) is 4.76. The monoisotopic (exact) mass is 373 g/mol. The highest BCUT2D eigenvalue weighted by molar-refractivity contribution is 7.92. The first kappa shape index (κ1) is 17.5. The zero-order chi connectivity index (χ0) is 18.9. The number of sulfonamides is 1. The minimum Gasteiger partial charge on any atom is -0.288 e. The van der Waals surface area contributed by atoms with Crippen LogP contribution in [0.15, 0.2) is 53.8 Å². The van der Waals surface area contributed by atoms with Crippen LogP contribution in [0.2, 0.25) is 0 Å². The van der Waals surface area contributed by atoms with Crippen molar-refractivity contribution in [3.05, 3.63) is 70.4 Å². The number of hydrogen-bond donors (Lipinski definition) is 1. The lowest BCUT2D eigenvalue weighted by Crippen LogP contribution is -2.15. The van der Waals surface area contributed by atoms with Gasteiger partial charge in [0.15, 0.2) is 0 Å². The number of rotatable bonds is 5. The average Bonchev–Trinajstić information content (AvgIpc) is 3.01. The van der Waals surface area contributed by atoms with Crippen molar-refractivity contribution in [1.82, 2.24) is 14.5 Å². The van der Waals surface area contributed by atoms with Crippen molar-refractivity contribution in [2.24, 2.45) is 0 Å².